The van der Waals surface area contributed by atoms with Crippen molar-refractivity contribution < 1.29 is 14.3 Å². The van der Waals surface area contributed by atoms with E-state index < -0.39 is 11.9 Å². The Kier molecular flexibility index (Phi) is 5.08. The molecule has 0 radical (unpaired) electrons. The number of hydrogen-bond donors (Lipinski definition) is 3. The minimum atomic E-state index is -0.529. The van der Waals surface area contributed by atoms with Crippen LogP contribution in [0.25, 0.3) is 22.3 Å². The monoisotopic (exact) mass is 465 g/mol. The second kappa shape index (κ2) is 8.25. The van der Waals surface area contributed by atoms with Crippen molar-refractivity contribution in [2.45, 2.75) is 25.4 Å². The summed E-state index contributed by atoms with van der Waals surface area (Å²) in [5.41, 5.74) is 2.32. The van der Waals surface area contributed by atoms with Crippen molar-refractivity contribution in [3.05, 3.63) is 40.5 Å². The number of morpholine rings is 1. The summed E-state index contributed by atoms with van der Waals surface area (Å²) in [7, 11) is 0. The second-order valence-electron chi connectivity index (χ2n) is 8.40. The Balaban J connectivity index is 1.36. The fourth-order valence-electron chi connectivity index (χ4n) is 3.97. The van der Waals surface area contributed by atoms with Gasteiger partial charge in [0.2, 0.25) is 0 Å². The average molecular weight is 466 g/mol. The molecule has 33 heavy (non-hydrogen) atoms. The molecule has 3 aromatic rings. The van der Waals surface area contributed by atoms with Gasteiger partial charge in [-0.15, -0.1) is 11.3 Å². The zero-order valence-electron chi connectivity index (χ0n) is 17.8. The fourth-order valence-corrected chi connectivity index (χ4v) is 4.98. The maximum absolute atomic E-state index is 12.0. The minimum absolute atomic E-state index is 0.183. The number of anilines is 1. The second-order valence-corrected chi connectivity index (χ2v) is 9.57. The summed E-state index contributed by atoms with van der Waals surface area (Å²) in [5.74, 6) is 0.406. The van der Waals surface area contributed by atoms with Gasteiger partial charge in [0.1, 0.15) is 11.5 Å². The molecule has 3 amide bonds. The lowest BCUT2D eigenvalue weighted by Gasteiger charge is -2.25. The number of carbonyl (C=O) groups excluding carboxylic acids is 2. The van der Waals surface area contributed by atoms with Gasteiger partial charge in [-0.25, -0.2) is 9.78 Å². The van der Waals surface area contributed by atoms with Gasteiger partial charge in [-0.2, -0.15) is 9.61 Å². The number of nitrogens with zero attached hydrogens (tertiary/aromatic N) is 4. The first-order chi connectivity index (χ1) is 16.1. The van der Waals surface area contributed by atoms with E-state index >= 15 is 0 Å². The number of thiophene rings is 1. The molecule has 1 saturated carbocycles. The summed E-state index contributed by atoms with van der Waals surface area (Å²) in [4.78, 5) is 33.1. The molecule has 2 aliphatic heterocycles. The molecule has 5 heterocycles. The Hall–Kier alpha value is -3.28. The SMILES string of the molecule is O=C1NC(=O)/C(=C/c2cnn3c(NC4CC4)cc(-c4ccc(CN5CCOCC5)s4)nc23)N1. The molecule has 3 aromatic heterocycles. The number of ether oxygens (including phenoxy) is 1. The lowest BCUT2D eigenvalue weighted by molar-refractivity contribution is -0.115. The van der Waals surface area contributed by atoms with Crippen LogP contribution in [0.3, 0.4) is 0 Å². The van der Waals surface area contributed by atoms with Crippen LogP contribution >= 0.6 is 11.3 Å². The van der Waals surface area contributed by atoms with Crippen LogP contribution in [0, 0.1) is 0 Å². The fraction of sp³-hybridized carbons (Fsp3) is 0.364. The minimum Gasteiger partial charge on any atom is -0.379 e. The van der Waals surface area contributed by atoms with E-state index in [4.69, 9.17) is 9.72 Å². The van der Waals surface area contributed by atoms with Crippen molar-refractivity contribution in [2.75, 3.05) is 31.6 Å². The number of nitrogens with one attached hydrogen (secondary N) is 3. The molecule has 170 valence electrons. The number of aromatic nitrogens is 3. The lowest BCUT2D eigenvalue weighted by atomic mass is 10.2. The third kappa shape index (κ3) is 4.22. The predicted molar refractivity (Wildman–Crippen MR) is 124 cm³/mol. The van der Waals surface area contributed by atoms with Crippen LogP contribution in [0.15, 0.2) is 30.1 Å². The van der Waals surface area contributed by atoms with E-state index in [1.165, 1.54) is 4.88 Å². The molecule has 0 aromatic carbocycles. The zero-order chi connectivity index (χ0) is 22.4. The van der Waals surface area contributed by atoms with Gasteiger partial charge in [0, 0.05) is 42.2 Å². The van der Waals surface area contributed by atoms with Crippen LogP contribution in [0.2, 0.25) is 0 Å². The van der Waals surface area contributed by atoms with Gasteiger partial charge in [-0.1, -0.05) is 0 Å². The van der Waals surface area contributed by atoms with Crippen LogP contribution in [0.5, 0.6) is 0 Å². The summed E-state index contributed by atoms with van der Waals surface area (Å²) in [6, 6.07) is 6.21. The van der Waals surface area contributed by atoms with Crippen LogP contribution in [-0.4, -0.2) is 63.8 Å². The van der Waals surface area contributed by atoms with Crippen molar-refractivity contribution in [3.8, 4) is 10.6 Å². The van der Waals surface area contributed by atoms with Gasteiger partial charge in [0.25, 0.3) is 5.91 Å². The highest BCUT2D eigenvalue weighted by Gasteiger charge is 2.25. The van der Waals surface area contributed by atoms with Crippen molar-refractivity contribution in [1.82, 2.24) is 30.1 Å². The normalized spacial score (nSPS) is 20.4. The largest absolute Gasteiger partial charge is 0.379 e. The number of imide groups is 1. The van der Waals surface area contributed by atoms with E-state index in [1.54, 1.807) is 28.1 Å². The number of fused-ring (bicyclic) bond motifs is 1. The molecule has 10 nitrogen and oxygen atoms in total. The standard InChI is InChI=1S/C22H23N7O3S/c30-21-17(26-22(31)27-21)9-13-11-23-29-19(24-14-1-2-14)10-16(25-20(13)29)18-4-3-15(33-18)12-28-5-7-32-8-6-28/h3-4,9-11,14,24H,1-2,5-8,12H2,(H2,26,27,30,31)/b17-9-. The van der Waals surface area contributed by atoms with Gasteiger partial charge < -0.3 is 15.4 Å². The molecule has 6 rings (SSSR count). The number of carbonyl (C=O) groups is 2. The van der Waals surface area contributed by atoms with Crippen LogP contribution < -0.4 is 16.0 Å². The highest BCUT2D eigenvalue weighted by Crippen LogP contribution is 2.32. The summed E-state index contributed by atoms with van der Waals surface area (Å²) in [6.07, 6.45) is 5.53. The predicted octanol–water partition coefficient (Wildman–Crippen LogP) is 2.04. The maximum Gasteiger partial charge on any atom is 0.326 e. The van der Waals surface area contributed by atoms with E-state index in [-0.39, 0.29) is 5.70 Å². The number of amides is 3. The first-order valence-corrected chi connectivity index (χ1v) is 11.8. The average Bonchev–Trinajstić information content (AvgIpc) is 3.19. The van der Waals surface area contributed by atoms with E-state index in [0.717, 1.165) is 62.1 Å². The quantitative estimate of drug-likeness (QED) is 0.377. The third-order valence-electron chi connectivity index (χ3n) is 5.85. The Labute approximate surface area is 193 Å². The first-order valence-electron chi connectivity index (χ1n) is 11.0. The first kappa shape index (κ1) is 20.3. The van der Waals surface area contributed by atoms with Crippen molar-refractivity contribution in [2.24, 2.45) is 0 Å². The van der Waals surface area contributed by atoms with Crippen LogP contribution in [0.1, 0.15) is 23.3 Å². The van der Waals surface area contributed by atoms with Gasteiger partial charge in [0.05, 0.1) is 30.0 Å². The summed E-state index contributed by atoms with van der Waals surface area (Å²) < 4.78 is 7.21. The maximum atomic E-state index is 12.0. The van der Waals surface area contributed by atoms with Crippen LogP contribution in [-0.2, 0) is 16.1 Å². The molecular weight excluding hydrogens is 442 g/mol. The highest BCUT2D eigenvalue weighted by molar-refractivity contribution is 7.15. The van der Waals surface area contributed by atoms with Gasteiger partial charge >= 0.3 is 6.03 Å². The Morgan fingerprint density at radius 1 is 1.21 bits per heavy atom. The summed E-state index contributed by atoms with van der Waals surface area (Å²) >= 11 is 1.73. The smallest absolute Gasteiger partial charge is 0.326 e. The molecule has 1 aliphatic carbocycles. The Bertz CT molecular complexity index is 1270. The molecule has 3 N–H and O–H groups in total. The zero-order valence-corrected chi connectivity index (χ0v) is 18.7. The molecule has 0 spiro atoms. The van der Waals surface area contributed by atoms with Gasteiger partial charge in [-0.3, -0.25) is 15.0 Å². The summed E-state index contributed by atoms with van der Waals surface area (Å²) in [5, 5.41) is 12.8. The molecule has 0 atom stereocenters. The lowest BCUT2D eigenvalue weighted by Crippen LogP contribution is -2.35. The number of rotatable bonds is 6. The molecule has 2 saturated heterocycles. The summed E-state index contributed by atoms with van der Waals surface area (Å²) in [6.45, 7) is 4.37. The molecule has 0 unspecified atom stereocenters. The number of urea groups is 1. The molecular formula is C22H23N7O3S. The molecule has 11 heteroatoms. The van der Waals surface area contributed by atoms with Crippen molar-refractivity contribution >= 4 is 40.8 Å². The van der Waals surface area contributed by atoms with E-state index in [1.807, 2.05) is 6.07 Å². The molecule has 3 aliphatic rings. The topological polar surface area (TPSA) is 113 Å². The molecule has 0 bridgehead atoms. The van der Waals surface area contributed by atoms with Crippen molar-refractivity contribution in [1.29, 1.82) is 0 Å². The van der Waals surface area contributed by atoms with Gasteiger partial charge in [0.15, 0.2) is 5.65 Å². The highest BCUT2D eigenvalue weighted by atomic mass is 32.1. The number of hydrogen-bond acceptors (Lipinski definition) is 8. The van der Waals surface area contributed by atoms with E-state index in [9.17, 15) is 9.59 Å². The third-order valence-corrected chi connectivity index (χ3v) is 6.94. The Morgan fingerprint density at radius 3 is 2.82 bits per heavy atom. The van der Waals surface area contributed by atoms with Crippen LogP contribution in [0.4, 0.5) is 10.6 Å². The van der Waals surface area contributed by atoms with Crippen molar-refractivity contribution in [3.63, 3.8) is 0 Å². The molecule has 3 fully saturated rings. The van der Waals surface area contributed by atoms with E-state index in [2.05, 4.69) is 38.1 Å². The van der Waals surface area contributed by atoms with E-state index in [0.29, 0.717) is 17.3 Å². The Morgan fingerprint density at radius 2 is 2.06 bits per heavy atom. The van der Waals surface area contributed by atoms with Gasteiger partial charge in [-0.05, 0) is 31.1 Å².